The Morgan fingerprint density at radius 1 is 1.16 bits per heavy atom. The number of rotatable bonds is 8. The minimum Gasteiger partial charge on any atom is -0.493 e. The van der Waals surface area contributed by atoms with Crippen molar-refractivity contribution in [2.24, 2.45) is 0 Å². The third-order valence-corrected chi connectivity index (χ3v) is 5.09. The summed E-state index contributed by atoms with van der Waals surface area (Å²) in [5.74, 6) is 1.99. The number of hydrogen-bond acceptors (Lipinski definition) is 4. The Morgan fingerprint density at radius 3 is 2.36 bits per heavy atom. The lowest BCUT2D eigenvalue weighted by Crippen LogP contribution is -3.12. The predicted octanol–water partition coefficient (Wildman–Crippen LogP) is 1.17. The molecule has 25 heavy (non-hydrogen) atoms. The SMILES string of the molecule is COc1ccc(C[NH+](C)[C@H](C)C(=O)NC2CCCC2)c(OC)c1OC. The Hall–Kier alpha value is -1.95. The zero-order chi connectivity index (χ0) is 18.4. The van der Waals surface area contributed by atoms with Crippen LogP contribution < -0.4 is 24.4 Å². The number of carbonyl (C=O) groups is 1. The summed E-state index contributed by atoms with van der Waals surface area (Å²) in [6, 6.07) is 4.04. The fourth-order valence-electron chi connectivity index (χ4n) is 3.38. The van der Waals surface area contributed by atoms with E-state index in [2.05, 4.69) is 5.32 Å². The molecule has 1 aromatic rings. The molecule has 0 aromatic heterocycles. The monoisotopic (exact) mass is 351 g/mol. The topological polar surface area (TPSA) is 61.2 Å². The van der Waals surface area contributed by atoms with Crippen LogP contribution >= 0.6 is 0 Å². The van der Waals surface area contributed by atoms with Gasteiger partial charge in [-0.2, -0.15) is 0 Å². The molecular formula is C19H31N2O4+. The van der Waals surface area contributed by atoms with E-state index in [1.54, 1.807) is 21.3 Å². The smallest absolute Gasteiger partial charge is 0.278 e. The van der Waals surface area contributed by atoms with Crippen LogP contribution in [0.5, 0.6) is 17.2 Å². The Morgan fingerprint density at radius 2 is 1.80 bits per heavy atom. The Balaban J connectivity index is 2.08. The fourth-order valence-corrected chi connectivity index (χ4v) is 3.38. The van der Waals surface area contributed by atoms with E-state index in [4.69, 9.17) is 14.2 Å². The van der Waals surface area contributed by atoms with Crippen LogP contribution in [-0.4, -0.2) is 46.4 Å². The Bertz CT molecular complexity index is 585. The molecule has 1 fully saturated rings. The van der Waals surface area contributed by atoms with Crippen LogP contribution in [0.3, 0.4) is 0 Å². The summed E-state index contributed by atoms with van der Waals surface area (Å²) in [7, 11) is 6.84. The van der Waals surface area contributed by atoms with Gasteiger partial charge in [0.15, 0.2) is 17.5 Å². The average molecular weight is 351 g/mol. The number of methoxy groups -OCH3 is 3. The van der Waals surface area contributed by atoms with E-state index in [0.717, 1.165) is 23.3 Å². The second-order valence-corrected chi connectivity index (χ2v) is 6.73. The molecule has 1 unspecified atom stereocenters. The molecule has 2 rings (SSSR count). The minimum atomic E-state index is -0.140. The summed E-state index contributed by atoms with van der Waals surface area (Å²) in [5.41, 5.74) is 0.984. The van der Waals surface area contributed by atoms with Crippen LogP contribution in [0, 0.1) is 0 Å². The van der Waals surface area contributed by atoms with E-state index in [1.807, 2.05) is 26.1 Å². The van der Waals surface area contributed by atoms with E-state index in [1.165, 1.54) is 12.8 Å². The summed E-state index contributed by atoms with van der Waals surface area (Å²) in [6.07, 6.45) is 4.62. The van der Waals surface area contributed by atoms with Gasteiger partial charge < -0.3 is 24.4 Å². The number of benzene rings is 1. The van der Waals surface area contributed by atoms with E-state index < -0.39 is 0 Å². The lowest BCUT2D eigenvalue weighted by atomic mass is 10.1. The molecule has 1 aliphatic rings. The zero-order valence-electron chi connectivity index (χ0n) is 16.0. The first-order chi connectivity index (χ1) is 12.0. The maximum atomic E-state index is 12.5. The van der Waals surface area contributed by atoms with E-state index in [0.29, 0.717) is 29.8 Å². The van der Waals surface area contributed by atoms with Crippen LogP contribution in [0.1, 0.15) is 38.2 Å². The second kappa shape index (κ2) is 8.94. The van der Waals surface area contributed by atoms with Crippen molar-refractivity contribution < 1.29 is 23.9 Å². The molecule has 0 heterocycles. The van der Waals surface area contributed by atoms with Crippen LogP contribution in [0.2, 0.25) is 0 Å². The third kappa shape index (κ3) is 4.57. The van der Waals surface area contributed by atoms with Gasteiger partial charge >= 0.3 is 0 Å². The molecule has 2 atom stereocenters. The van der Waals surface area contributed by atoms with Crippen molar-refractivity contribution in [1.29, 1.82) is 0 Å². The number of amides is 1. The van der Waals surface area contributed by atoms with E-state index >= 15 is 0 Å². The number of ether oxygens (including phenoxy) is 3. The van der Waals surface area contributed by atoms with Gasteiger partial charge in [0.2, 0.25) is 5.75 Å². The third-order valence-electron chi connectivity index (χ3n) is 5.09. The van der Waals surface area contributed by atoms with Crippen LogP contribution in [0.4, 0.5) is 0 Å². The molecule has 1 aromatic carbocycles. The van der Waals surface area contributed by atoms with Crippen molar-refractivity contribution in [3.05, 3.63) is 17.7 Å². The quantitative estimate of drug-likeness (QED) is 0.738. The molecule has 6 heteroatoms. The maximum Gasteiger partial charge on any atom is 0.278 e. The van der Waals surface area contributed by atoms with Gasteiger partial charge in [-0.25, -0.2) is 0 Å². The molecule has 2 N–H and O–H groups in total. The lowest BCUT2D eigenvalue weighted by molar-refractivity contribution is -0.908. The van der Waals surface area contributed by atoms with E-state index in [9.17, 15) is 4.79 Å². The van der Waals surface area contributed by atoms with Gasteiger partial charge in [-0.1, -0.05) is 12.8 Å². The molecule has 1 amide bonds. The predicted molar refractivity (Wildman–Crippen MR) is 96.5 cm³/mol. The first-order valence-corrected chi connectivity index (χ1v) is 8.92. The van der Waals surface area contributed by atoms with Crippen LogP contribution in [0.25, 0.3) is 0 Å². The molecule has 140 valence electrons. The van der Waals surface area contributed by atoms with Gasteiger partial charge in [-0.15, -0.1) is 0 Å². The number of quaternary nitrogens is 1. The average Bonchev–Trinajstić information content (AvgIpc) is 3.13. The summed E-state index contributed by atoms with van der Waals surface area (Å²) < 4.78 is 16.3. The number of hydrogen-bond donors (Lipinski definition) is 2. The summed E-state index contributed by atoms with van der Waals surface area (Å²) in [4.78, 5) is 13.6. The standard InChI is InChI=1S/C19H30N2O4/c1-13(19(22)20-15-8-6-7-9-15)21(2)12-14-10-11-16(23-3)18(25-5)17(14)24-4/h10-11,13,15H,6-9,12H2,1-5H3,(H,20,22)/p+1/t13-/m1/s1. The molecule has 0 bridgehead atoms. The molecule has 1 saturated carbocycles. The zero-order valence-corrected chi connectivity index (χ0v) is 16.0. The molecule has 0 aliphatic heterocycles. The Labute approximate surface area is 150 Å². The van der Waals surface area contributed by atoms with Crippen LogP contribution in [0.15, 0.2) is 12.1 Å². The largest absolute Gasteiger partial charge is 0.493 e. The number of likely N-dealkylation sites (N-methyl/N-ethyl adjacent to an activating group) is 1. The highest BCUT2D eigenvalue weighted by atomic mass is 16.5. The van der Waals surface area contributed by atoms with Crippen LogP contribution in [-0.2, 0) is 11.3 Å². The summed E-state index contributed by atoms with van der Waals surface area (Å²) in [6.45, 7) is 2.62. The van der Waals surface area contributed by atoms with Crippen molar-refractivity contribution in [2.75, 3.05) is 28.4 Å². The van der Waals surface area contributed by atoms with Crippen molar-refractivity contribution >= 4 is 5.91 Å². The maximum absolute atomic E-state index is 12.5. The van der Waals surface area contributed by atoms with Gasteiger partial charge in [0.1, 0.15) is 6.54 Å². The molecule has 6 nitrogen and oxygen atoms in total. The highest BCUT2D eigenvalue weighted by Gasteiger charge is 2.27. The fraction of sp³-hybridized carbons (Fsp3) is 0.632. The normalized spacial score (nSPS) is 17.0. The van der Waals surface area contributed by atoms with Crippen molar-refractivity contribution in [1.82, 2.24) is 5.32 Å². The number of nitrogens with one attached hydrogen (secondary N) is 2. The number of carbonyl (C=O) groups excluding carboxylic acids is 1. The van der Waals surface area contributed by atoms with Crippen molar-refractivity contribution in [3.8, 4) is 17.2 Å². The molecule has 0 saturated heterocycles. The summed E-state index contributed by atoms with van der Waals surface area (Å²) >= 11 is 0. The first-order valence-electron chi connectivity index (χ1n) is 8.92. The highest BCUT2D eigenvalue weighted by Crippen LogP contribution is 2.39. The molecule has 0 radical (unpaired) electrons. The van der Waals surface area contributed by atoms with Crippen molar-refractivity contribution in [3.63, 3.8) is 0 Å². The Kier molecular flexibility index (Phi) is 6.93. The molecule has 1 aliphatic carbocycles. The van der Waals surface area contributed by atoms with Gasteiger partial charge in [-0.05, 0) is 31.9 Å². The van der Waals surface area contributed by atoms with Gasteiger partial charge in [0.05, 0.1) is 33.9 Å². The summed E-state index contributed by atoms with van der Waals surface area (Å²) in [5, 5.41) is 3.18. The van der Waals surface area contributed by atoms with Gasteiger partial charge in [0, 0.05) is 6.04 Å². The first kappa shape index (κ1) is 19.4. The van der Waals surface area contributed by atoms with Crippen molar-refractivity contribution in [2.45, 2.75) is 51.2 Å². The van der Waals surface area contributed by atoms with E-state index in [-0.39, 0.29) is 11.9 Å². The minimum absolute atomic E-state index is 0.115. The van der Waals surface area contributed by atoms with Gasteiger partial charge in [-0.3, -0.25) is 4.79 Å². The molecule has 0 spiro atoms. The highest BCUT2D eigenvalue weighted by molar-refractivity contribution is 5.80. The molecular weight excluding hydrogens is 320 g/mol. The van der Waals surface area contributed by atoms with Gasteiger partial charge in [0.25, 0.3) is 5.91 Å². The lowest BCUT2D eigenvalue weighted by Gasteiger charge is -2.24. The second-order valence-electron chi connectivity index (χ2n) is 6.73.